The second kappa shape index (κ2) is 13.3. The number of hydrogen-bond acceptors (Lipinski definition) is 8. The maximum absolute atomic E-state index is 16.0. The van der Waals surface area contributed by atoms with Crippen molar-refractivity contribution in [3.05, 3.63) is 40.8 Å². The van der Waals surface area contributed by atoms with Crippen LogP contribution in [0.5, 0.6) is 11.8 Å². The van der Waals surface area contributed by atoms with Crippen molar-refractivity contribution in [2.45, 2.75) is 69.7 Å². The average Bonchev–Trinajstić information content (AvgIpc) is 3.48. The van der Waals surface area contributed by atoms with Gasteiger partial charge in [0.15, 0.2) is 5.82 Å². The first-order valence-corrected chi connectivity index (χ1v) is 15.6. The van der Waals surface area contributed by atoms with Crippen LogP contribution in [0.3, 0.4) is 0 Å². The van der Waals surface area contributed by atoms with Crippen molar-refractivity contribution in [2.24, 2.45) is 0 Å². The van der Waals surface area contributed by atoms with Crippen LogP contribution in [0, 0.1) is 5.82 Å². The van der Waals surface area contributed by atoms with Crippen molar-refractivity contribution >= 4 is 34.4 Å². The molecule has 3 atom stereocenters. The lowest BCUT2D eigenvalue weighted by molar-refractivity contribution is 0.0530. The van der Waals surface area contributed by atoms with Gasteiger partial charge in [-0.1, -0.05) is 23.8 Å². The summed E-state index contributed by atoms with van der Waals surface area (Å²) in [4.78, 5) is 17.8. The van der Waals surface area contributed by atoms with Crippen LogP contribution in [0.4, 0.5) is 14.6 Å². The number of rotatable bonds is 1. The maximum Gasteiger partial charge on any atom is 0.318 e. The summed E-state index contributed by atoms with van der Waals surface area (Å²) in [7, 11) is 1.46. The molecule has 1 N–H and O–H groups in total. The molecule has 2 aromatic heterocycles. The molecule has 0 radical (unpaired) electrons. The van der Waals surface area contributed by atoms with E-state index in [9.17, 15) is 9.50 Å². The highest BCUT2D eigenvalue weighted by Crippen LogP contribution is 2.38. The van der Waals surface area contributed by atoms with Crippen LogP contribution in [0.2, 0.25) is 5.02 Å². The van der Waals surface area contributed by atoms with Crippen molar-refractivity contribution in [1.29, 1.82) is 0 Å². The van der Waals surface area contributed by atoms with Gasteiger partial charge in [-0.15, -0.1) is 0 Å². The van der Waals surface area contributed by atoms with Crippen molar-refractivity contribution in [2.75, 3.05) is 44.8 Å². The first-order valence-electron chi connectivity index (χ1n) is 15.3. The van der Waals surface area contributed by atoms with Gasteiger partial charge >= 0.3 is 6.01 Å². The summed E-state index contributed by atoms with van der Waals surface area (Å²) in [6, 6.07) is 3.59. The van der Waals surface area contributed by atoms with Gasteiger partial charge in [-0.2, -0.15) is 9.97 Å². The van der Waals surface area contributed by atoms with Gasteiger partial charge in [0.05, 0.1) is 23.6 Å². The Labute approximate surface area is 255 Å². The molecule has 3 unspecified atom stereocenters. The van der Waals surface area contributed by atoms with E-state index < -0.39 is 12.0 Å². The van der Waals surface area contributed by atoms with E-state index in [1.54, 1.807) is 6.20 Å². The van der Waals surface area contributed by atoms with Crippen LogP contribution >= 0.6 is 11.6 Å². The van der Waals surface area contributed by atoms with E-state index in [0.29, 0.717) is 53.1 Å². The summed E-state index contributed by atoms with van der Waals surface area (Å²) < 4.78 is 40.2. The molecular weight excluding hydrogens is 576 g/mol. The number of aromatic nitrogens is 3. The third kappa shape index (κ3) is 6.56. The number of phenols is 1. The van der Waals surface area contributed by atoms with Crippen LogP contribution in [-0.2, 0) is 4.74 Å². The van der Waals surface area contributed by atoms with Gasteiger partial charge in [0, 0.05) is 49.6 Å². The number of fused-ring (bicyclic) bond motifs is 6. The zero-order valence-corrected chi connectivity index (χ0v) is 25.2. The van der Waals surface area contributed by atoms with Gasteiger partial charge < -0.3 is 19.5 Å². The van der Waals surface area contributed by atoms with E-state index in [4.69, 9.17) is 21.1 Å². The van der Waals surface area contributed by atoms with Gasteiger partial charge in [0.2, 0.25) is 0 Å². The van der Waals surface area contributed by atoms with Crippen LogP contribution in [0.15, 0.2) is 24.4 Å². The number of nitrogens with zero attached hydrogens (tertiary/aromatic N) is 5. The number of hydrogen-bond donors (Lipinski definition) is 1. The molecular formula is C32H38ClF2N5O3. The van der Waals surface area contributed by atoms with Gasteiger partial charge in [0.25, 0.3) is 0 Å². The fourth-order valence-corrected chi connectivity index (χ4v) is 6.90. The Balaban J connectivity index is 0.000000310. The summed E-state index contributed by atoms with van der Waals surface area (Å²) in [5, 5.41) is 11.0. The first-order chi connectivity index (χ1) is 20.9. The van der Waals surface area contributed by atoms with Crippen molar-refractivity contribution in [3.8, 4) is 23.0 Å². The van der Waals surface area contributed by atoms with E-state index in [-0.39, 0.29) is 29.1 Å². The highest BCUT2D eigenvalue weighted by atomic mass is 35.5. The van der Waals surface area contributed by atoms with E-state index in [2.05, 4.69) is 24.8 Å². The van der Waals surface area contributed by atoms with Crippen LogP contribution in [-0.4, -0.2) is 83.2 Å². The van der Waals surface area contributed by atoms with Crippen molar-refractivity contribution in [1.82, 2.24) is 19.9 Å². The predicted octanol–water partition coefficient (Wildman–Crippen LogP) is 6.57. The monoisotopic (exact) mass is 613 g/mol. The highest BCUT2D eigenvalue weighted by molar-refractivity contribution is 6.32. The van der Waals surface area contributed by atoms with E-state index in [1.807, 2.05) is 12.2 Å². The Kier molecular flexibility index (Phi) is 9.25. The maximum atomic E-state index is 16.0. The van der Waals surface area contributed by atoms with Crippen molar-refractivity contribution in [3.63, 3.8) is 0 Å². The number of alkyl halides is 1. The fraction of sp³-hybridized carbons (Fsp3) is 0.531. The molecule has 5 aliphatic rings. The number of phenolic OH excluding ortho intramolecular Hbond substituents is 1. The molecule has 0 saturated carbocycles. The summed E-state index contributed by atoms with van der Waals surface area (Å²) in [5.74, 6) is -0.111. The smallest absolute Gasteiger partial charge is 0.318 e. The topological polar surface area (TPSA) is 83.8 Å². The summed E-state index contributed by atoms with van der Waals surface area (Å²) in [6.07, 6.45) is 12.9. The Hall–Kier alpha value is -3.08. The predicted molar refractivity (Wildman–Crippen MR) is 164 cm³/mol. The fourth-order valence-electron chi connectivity index (χ4n) is 6.62. The second-order valence-electron chi connectivity index (χ2n) is 11.7. The third-order valence-corrected chi connectivity index (χ3v) is 9.05. The SMILES string of the molecule is COc1nc2c3cnc(c(F)c3n1)-c1cc(O)cc(Cl)c1/C=C/CCCOC1CCCCN2C1.FC1CC2CCCN2C1. The summed E-state index contributed by atoms with van der Waals surface area (Å²) in [6.45, 7) is 3.93. The molecule has 11 heteroatoms. The quantitative estimate of drug-likeness (QED) is 0.330. The molecule has 43 heavy (non-hydrogen) atoms. The molecule has 7 heterocycles. The lowest BCUT2D eigenvalue weighted by atomic mass is 10.0. The number of anilines is 1. The first kappa shape index (κ1) is 30.0. The standard InChI is InChI=1S/C25H26ClFN4O3.C7H12FN/c1-33-25-29-23-19-13-28-22(21(23)27)18-11-15(32)12-20(26)17(18)8-3-2-6-10-34-16-7-4-5-9-31(14-16)24(19)30-25;8-6-4-7-2-1-3-9(7)5-6/h3,8,11-13,16,32H,2,4-7,9-10,14H2,1H3;6-7H,1-5H2/b8-3+;. The summed E-state index contributed by atoms with van der Waals surface area (Å²) in [5.41, 5.74) is 1.13. The molecule has 8 nitrogen and oxygen atoms in total. The molecule has 0 amide bonds. The largest absolute Gasteiger partial charge is 0.508 e. The van der Waals surface area contributed by atoms with Crippen molar-refractivity contribution < 1.29 is 23.4 Å². The molecule has 3 saturated heterocycles. The second-order valence-corrected chi connectivity index (χ2v) is 12.1. The molecule has 3 fully saturated rings. The molecule has 8 rings (SSSR count). The zero-order chi connectivity index (χ0) is 29.9. The van der Waals surface area contributed by atoms with E-state index in [1.165, 1.54) is 32.1 Å². The van der Waals surface area contributed by atoms with Gasteiger partial charge in [-0.3, -0.25) is 9.88 Å². The average molecular weight is 614 g/mol. The van der Waals surface area contributed by atoms with Gasteiger partial charge in [0.1, 0.15) is 28.9 Å². The summed E-state index contributed by atoms with van der Waals surface area (Å²) >= 11 is 6.44. The molecule has 230 valence electrons. The number of pyridine rings is 1. The van der Waals surface area contributed by atoms with Crippen LogP contribution in [0.1, 0.15) is 56.9 Å². The number of methoxy groups -OCH3 is 1. The molecule has 1 aromatic carbocycles. The number of aromatic hydroxyl groups is 1. The minimum absolute atomic E-state index is 0.0563. The highest BCUT2D eigenvalue weighted by Gasteiger charge is 2.34. The van der Waals surface area contributed by atoms with E-state index in [0.717, 1.165) is 51.6 Å². The Bertz CT molecular complexity index is 1480. The Morgan fingerprint density at radius 2 is 1.98 bits per heavy atom. The molecule has 6 bridgehead atoms. The lowest BCUT2D eigenvalue weighted by Gasteiger charge is -2.27. The number of allylic oxidation sites excluding steroid dienone is 1. The normalized spacial score (nSPS) is 24.7. The van der Waals surface area contributed by atoms with Crippen LogP contribution in [0.25, 0.3) is 28.2 Å². The number of halogens is 3. The minimum atomic E-state index is -0.620. The van der Waals surface area contributed by atoms with Gasteiger partial charge in [-0.25, -0.2) is 8.78 Å². The minimum Gasteiger partial charge on any atom is -0.508 e. The van der Waals surface area contributed by atoms with E-state index >= 15 is 4.39 Å². The Morgan fingerprint density at radius 1 is 1.09 bits per heavy atom. The zero-order valence-electron chi connectivity index (χ0n) is 24.4. The molecule has 0 aliphatic carbocycles. The molecule has 0 spiro atoms. The number of benzene rings is 1. The number of ether oxygens (including phenoxy) is 2. The Morgan fingerprint density at radius 3 is 2.81 bits per heavy atom. The molecule has 5 aliphatic heterocycles. The van der Waals surface area contributed by atoms with Crippen LogP contribution < -0.4 is 9.64 Å². The third-order valence-electron chi connectivity index (χ3n) is 8.74. The lowest BCUT2D eigenvalue weighted by Crippen LogP contribution is -2.33. The van der Waals surface area contributed by atoms with Gasteiger partial charge in [-0.05, 0) is 70.0 Å². The molecule has 3 aromatic rings.